The number of methoxy groups -OCH3 is 2. The topological polar surface area (TPSA) is 121 Å². The van der Waals surface area contributed by atoms with E-state index < -0.39 is 23.8 Å². The number of rotatable bonds is 4. The monoisotopic (exact) mass is 504 g/mol. The molecule has 0 N–H and O–H groups in total. The van der Waals surface area contributed by atoms with Gasteiger partial charge in [-0.15, -0.1) is 0 Å². The van der Waals surface area contributed by atoms with Crippen LogP contribution in [-0.4, -0.2) is 52.7 Å². The molecule has 1 aliphatic rings. The molecule has 0 fully saturated rings. The molecule has 180 valence electrons. The van der Waals surface area contributed by atoms with E-state index in [0.29, 0.717) is 27.4 Å². The summed E-state index contributed by atoms with van der Waals surface area (Å²) in [6.45, 7) is 1.71. The molecule has 0 radical (unpaired) electrons. The number of hydrogen-bond acceptors (Lipinski definition) is 8. The summed E-state index contributed by atoms with van der Waals surface area (Å²) in [5, 5.41) is 5.50. The number of carbonyl (C=O) groups excluding carboxylic acids is 4. The van der Waals surface area contributed by atoms with Crippen molar-refractivity contribution in [1.29, 1.82) is 0 Å². The molecule has 2 aromatic heterocycles. The Balaban J connectivity index is 1.67. The summed E-state index contributed by atoms with van der Waals surface area (Å²) in [6, 6.07) is 10.8. The van der Waals surface area contributed by atoms with E-state index in [4.69, 9.17) is 21.1 Å². The van der Waals surface area contributed by atoms with Gasteiger partial charge in [0.15, 0.2) is 5.65 Å². The minimum absolute atomic E-state index is 0.0143. The molecule has 0 saturated carbocycles. The lowest BCUT2D eigenvalue weighted by Crippen LogP contribution is -2.30. The Morgan fingerprint density at radius 3 is 2.08 bits per heavy atom. The van der Waals surface area contributed by atoms with Gasteiger partial charge < -0.3 is 9.47 Å². The first kappa shape index (κ1) is 23.2. The van der Waals surface area contributed by atoms with Gasteiger partial charge in [-0.1, -0.05) is 11.6 Å². The van der Waals surface area contributed by atoms with Gasteiger partial charge in [-0.3, -0.25) is 9.59 Å². The molecule has 4 aromatic rings. The number of nitrogens with zero attached hydrogens (tertiary/aromatic N) is 4. The molecule has 10 nitrogen and oxygen atoms in total. The molecular formula is C25H17ClN4O6. The van der Waals surface area contributed by atoms with Crippen LogP contribution in [0, 0.1) is 6.92 Å². The Labute approximate surface area is 209 Å². The maximum Gasteiger partial charge on any atom is 0.337 e. The van der Waals surface area contributed by atoms with Crippen LogP contribution in [0.3, 0.4) is 0 Å². The molecule has 0 unspecified atom stereocenters. The number of benzene rings is 2. The van der Waals surface area contributed by atoms with E-state index >= 15 is 0 Å². The van der Waals surface area contributed by atoms with Gasteiger partial charge in [-0.05, 0) is 49.4 Å². The number of halogens is 1. The number of fused-ring (bicyclic) bond motifs is 3. The second-order valence-corrected chi connectivity index (χ2v) is 8.35. The van der Waals surface area contributed by atoms with E-state index in [1.807, 2.05) is 0 Å². The quantitative estimate of drug-likeness (QED) is 0.304. The smallest absolute Gasteiger partial charge is 0.337 e. The summed E-state index contributed by atoms with van der Waals surface area (Å²) in [6.07, 6.45) is 1.32. The second-order valence-electron chi connectivity index (χ2n) is 7.92. The highest BCUT2D eigenvalue weighted by Gasteiger charge is 2.40. The summed E-state index contributed by atoms with van der Waals surface area (Å²) >= 11 is 6.00. The predicted molar refractivity (Wildman–Crippen MR) is 129 cm³/mol. The maximum atomic E-state index is 13.7. The zero-order valence-electron chi connectivity index (χ0n) is 19.2. The van der Waals surface area contributed by atoms with Crippen molar-refractivity contribution < 1.29 is 28.7 Å². The highest BCUT2D eigenvalue weighted by molar-refractivity contribution is 6.37. The van der Waals surface area contributed by atoms with Crippen molar-refractivity contribution in [2.75, 3.05) is 19.1 Å². The average Bonchev–Trinajstić information content (AvgIpc) is 3.36. The Kier molecular flexibility index (Phi) is 5.52. The van der Waals surface area contributed by atoms with Crippen molar-refractivity contribution >= 4 is 52.1 Å². The minimum Gasteiger partial charge on any atom is -0.465 e. The van der Waals surface area contributed by atoms with Gasteiger partial charge in [-0.2, -0.15) is 5.10 Å². The van der Waals surface area contributed by atoms with Crippen LogP contribution in [0.25, 0.3) is 16.7 Å². The number of esters is 2. The first-order chi connectivity index (χ1) is 17.2. The zero-order chi connectivity index (χ0) is 25.7. The van der Waals surface area contributed by atoms with Crippen molar-refractivity contribution in [3.63, 3.8) is 0 Å². The molecule has 0 atom stereocenters. The number of aryl methyl sites for hydroxylation is 1. The Morgan fingerprint density at radius 2 is 1.50 bits per heavy atom. The number of anilines is 1. The van der Waals surface area contributed by atoms with Crippen molar-refractivity contribution in [3.05, 3.63) is 81.6 Å². The van der Waals surface area contributed by atoms with Gasteiger partial charge in [0, 0.05) is 11.2 Å². The fourth-order valence-electron chi connectivity index (χ4n) is 4.17. The third-order valence-electron chi connectivity index (χ3n) is 5.81. The molecule has 0 aliphatic carbocycles. The van der Waals surface area contributed by atoms with Crippen molar-refractivity contribution in [3.8, 4) is 5.69 Å². The molecule has 11 heteroatoms. The third-order valence-corrected chi connectivity index (χ3v) is 6.06. The van der Waals surface area contributed by atoms with Crippen LogP contribution in [0.15, 0.2) is 48.7 Å². The minimum atomic E-state index is -0.747. The molecule has 0 saturated heterocycles. The first-order valence-corrected chi connectivity index (χ1v) is 11.0. The van der Waals surface area contributed by atoms with Gasteiger partial charge in [0.25, 0.3) is 11.8 Å². The van der Waals surface area contributed by atoms with Crippen molar-refractivity contribution in [2.45, 2.75) is 6.92 Å². The highest BCUT2D eigenvalue weighted by atomic mass is 35.5. The van der Waals surface area contributed by atoms with Gasteiger partial charge in [-0.25, -0.2) is 24.2 Å². The summed E-state index contributed by atoms with van der Waals surface area (Å²) in [5.74, 6) is -2.79. The van der Waals surface area contributed by atoms with Crippen LogP contribution in [0.5, 0.6) is 0 Å². The van der Waals surface area contributed by atoms with Crippen LogP contribution in [0.4, 0.5) is 5.69 Å². The average molecular weight is 505 g/mol. The van der Waals surface area contributed by atoms with Crippen LogP contribution in [0.2, 0.25) is 5.02 Å². The van der Waals surface area contributed by atoms with Gasteiger partial charge in [0.1, 0.15) is 0 Å². The second kappa shape index (κ2) is 8.58. The van der Waals surface area contributed by atoms with Crippen LogP contribution >= 0.6 is 11.6 Å². The van der Waals surface area contributed by atoms with E-state index in [0.717, 1.165) is 4.90 Å². The molecule has 2 amide bonds. The van der Waals surface area contributed by atoms with E-state index in [1.54, 1.807) is 35.9 Å². The van der Waals surface area contributed by atoms with Crippen LogP contribution in [-0.2, 0) is 9.47 Å². The molecule has 36 heavy (non-hydrogen) atoms. The number of hydrogen-bond donors (Lipinski definition) is 0. The van der Waals surface area contributed by atoms with Crippen LogP contribution in [0.1, 0.15) is 47.1 Å². The molecule has 1 aliphatic heterocycles. The maximum absolute atomic E-state index is 13.7. The molecule has 5 rings (SSSR count). The predicted octanol–water partition coefficient (Wildman–Crippen LogP) is 3.76. The Hall–Kier alpha value is -4.57. The lowest BCUT2D eigenvalue weighted by Gasteiger charge is -2.16. The standard InChI is InChI=1S/C25H17ClN4O6/c1-12-19-20-18(11-27-21(19)30(28-12)16-6-4-15(26)5-7-16)22(31)29(23(20)32)17-9-13(24(33)35-2)8-14(10-17)25(34)36-3/h4-11H,1-3H3. The molecule has 3 heterocycles. The number of carbonyl (C=O) groups is 4. The summed E-state index contributed by atoms with van der Waals surface area (Å²) in [7, 11) is 2.36. The summed E-state index contributed by atoms with van der Waals surface area (Å²) in [5.41, 5.74) is 1.72. The van der Waals surface area contributed by atoms with E-state index in [-0.39, 0.29) is 27.9 Å². The van der Waals surface area contributed by atoms with E-state index in [2.05, 4.69) is 10.1 Å². The number of aromatic nitrogens is 3. The SMILES string of the molecule is COC(=O)c1cc(C(=O)OC)cc(N2C(=O)c3cnc4c(c(C)nn4-c4ccc(Cl)cc4)c3C2=O)c1. The van der Waals surface area contributed by atoms with Crippen LogP contribution < -0.4 is 4.90 Å². The fraction of sp³-hybridized carbons (Fsp3) is 0.120. The van der Waals surface area contributed by atoms with Gasteiger partial charge in [0.05, 0.1) is 58.9 Å². The van der Waals surface area contributed by atoms with Gasteiger partial charge >= 0.3 is 11.9 Å². The molecule has 0 bridgehead atoms. The Morgan fingerprint density at radius 1 is 0.889 bits per heavy atom. The first-order valence-electron chi connectivity index (χ1n) is 10.6. The molecule has 0 spiro atoms. The van der Waals surface area contributed by atoms with E-state index in [9.17, 15) is 19.2 Å². The van der Waals surface area contributed by atoms with Crippen molar-refractivity contribution in [2.24, 2.45) is 0 Å². The van der Waals surface area contributed by atoms with Crippen molar-refractivity contribution in [1.82, 2.24) is 14.8 Å². The highest BCUT2D eigenvalue weighted by Crippen LogP contribution is 2.35. The number of ether oxygens (including phenoxy) is 2. The van der Waals surface area contributed by atoms with Gasteiger partial charge in [0.2, 0.25) is 0 Å². The summed E-state index contributed by atoms with van der Waals surface area (Å²) in [4.78, 5) is 56.8. The molecular weight excluding hydrogens is 488 g/mol. The largest absolute Gasteiger partial charge is 0.465 e. The summed E-state index contributed by atoms with van der Waals surface area (Å²) < 4.78 is 11.1. The third kappa shape index (κ3) is 3.50. The lowest BCUT2D eigenvalue weighted by atomic mass is 10.1. The zero-order valence-corrected chi connectivity index (χ0v) is 20.0. The lowest BCUT2D eigenvalue weighted by molar-refractivity contribution is 0.0598. The van der Waals surface area contributed by atoms with E-state index in [1.165, 1.54) is 38.6 Å². The molecule has 2 aromatic carbocycles. The normalized spacial score (nSPS) is 12.7. The Bertz CT molecular complexity index is 1580. The number of amides is 2. The fourth-order valence-corrected chi connectivity index (χ4v) is 4.30. The number of pyridine rings is 1. The number of imide groups is 1.